The highest BCUT2D eigenvalue weighted by molar-refractivity contribution is 7.99. The fourth-order valence-electron chi connectivity index (χ4n) is 1.10. The third-order valence-electron chi connectivity index (χ3n) is 2.22. The highest BCUT2D eigenvalue weighted by Gasteiger charge is 2.19. The van der Waals surface area contributed by atoms with Gasteiger partial charge in [-0.15, -0.1) is 5.10 Å². The van der Waals surface area contributed by atoms with Crippen molar-refractivity contribution in [2.45, 2.75) is 29.8 Å². The first kappa shape index (κ1) is 12.3. The van der Waals surface area contributed by atoms with Crippen molar-refractivity contribution in [2.75, 3.05) is 6.61 Å². The standard InChI is InChI=1S/C8H16N4O2S/c1-3-5(9)6(4-13)15-8-11-10-7(14)12(8)2/h5-6,13H,3-4,9H2,1-2H3,(H,10,14). The van der Waals surface area contributed by atoms with Gasteiger partial charge < -0.3 is 10.8 Å². The van der Waals surface area contributed by atoms with Crippen LogP contribution in [0.15, 0.2) is 9.95 Å². The number of thioether (sulfide) groups is 1. The van der Waals surface area contributed by atoms with Crippen LogP contribution in [0.5, 0.6) is 0 Å². The maximum absolute atomic E-state index is 11.1. The lowest BCUT2D eigenvalue weighted by molar-refractivity contribution is 0.281. The van der Waals surface area contributed by atoms with Crippen LogP contribution in [0.25, 0.3) is 0 Å². The molecule has 0 aromatic carbocycles. The van der Waals surface area contributed by atoms with Gasteiger partial charge in [0.1, 0.15) is 0 Å². The number of H-pyrrole nitrogens is 1. The predicted molar refractivity (Wildman–Crippen MR) is 58.8 cm³/mol. The lowest BCUT2D eigenvalue weighted by Gasteiger charge is -2.18. The summed E-state index contributed by atoms with van der Waals surface area (Å²) in [6.45, 7) is 1.93. The van der Waals surface area contributed by atoms with Gasteiger partial charge in [0.25, 0.3) is 0 Å². The van der Waals surface area contributed by atoms with Crippen LogP contribution in [0, 0.1) is 0 Å². The van der Waals surface area contributed by atoms with Crippen LogP contribution < -0.4 is 11.4 Å². The Hall–Kier alpha value is -0.790. The molecule has 0 aliphatic heterocycles. The van der Waals surface area contributed by atoms with E-state index in [1.54, 1.807) is 7.05 Å². The Morgan fingerprint density at radius 1 is 1.73 bits per heavy atom. The van der Waals surface area contributed by atoms with Gasteiger partial charge in [-0.3, -0.25) is 4.57 Å². The average molecular weight is 232 g/mol. The van der Waals surface area contributed by atoms with E-state index in [2.05, 4.69) is 10.2 Å². The van der Waals surface area contributed by atoms with Crippen LogP contribution in [0.1, 0.15) is 13.3 Å². The molecule has 0 saturated heterocycles. The number of nitrogens with zero attached hydrogens (tertiary/aromatic N) is 2. The Kier molecular flexibility index (Phi) is 4.37. The summed E-state index contributed by atoms with van der Waals surface area (Å²) in [4.78, 5) is 11.1. The molecule has 1 rings (SSSR count). The Bertz CT molecular complexity index is 362. The summed E-state index contributed by atoms with van der Waals surface area (Å²) in [6, 6.07) is -0.105. The summed E-state index contributed by atoms with van der Waals surface area (Å²) in [5.74, 6) is 0. The van der Waals surface area contributed by atoms with Gasteiger partial charge in [-0.1, -0.05) is 18.7 Å². The highest BCUT2D eigenvalue weighted by Crippen LogP contribution is 2.21. The fourth-order valence-corrected chi connectivity index (χ4v) is 2.15. The molecule has 0 saturated carbocycles. The number of hydrogen-bond donors (Lipinski definition) is 3. The molecule has 0 radical (unpaired) electrons. The van der Waals surface area contributed by atoms with Crippen LogP contribution in [0.3, 0.4) is 0 Å². The molecule has 7 heteroatoms. The molecule has 1 aromatic rings. The highest BCUT2D eigenvalue weighted by atomic mass is 32.2. The van der Waals surface area contributed by atoms with Crippen LogP contribution in [-0.4, -0.2) is 37.8 Å². The van der Waals surface area contributed by atoms with Crippen LogP contribution in [0.2, 0.25) is 0 Å². The lowest BCUT2D eigenvalue weighted by atomic mass is 10.2. The van der Waals surface area contributed by atoms with E-state index >= 15 is 0 Å². The zero-order chi connectivity index (χ0) is 11.4. The minimum Gasteiger partial charge on any atom is -0.395 e. The number of aliphatic hydroxyl groups excluding tert-OH is 1. The Labute approximate surface area is 91.9 Å². The topological polar surface area (TPSA) is 96.9 Å². The number of nitrogens with two attached hydrogens (primary N) is 1. The zero-order valence-corrected chi connectivity index (χ0v) is 9.62. The second-order valence-electron chi connectivity index (χ2n) is 3.28. The van der Waals surface area contributed by atoms with E-state index < -0.39 is 0 Å². The first-order valence-corrected chi connectivity index (χ1v) is 5.62. The summed E-state index contributed by atoms with van der Waals surface area (Å²) >= 11 is 1.31. The minimum atomic E-state index is -0.265. The maximum Gasteiger partial charge on any atom is 0.343 e. The fraction of sp³-hybridized carbons (Fsp3) is 0.750. The molecule has 0 aliphatic carbocycles. The molecular weight excluding hydrogens is 216 g/mol. The normalized spacial score (nSPS) is 15.2. The smallest absolute Gasteiger partial charge is 0.343 e. The SMILES string of the molecule is CCC(N)C(CO)Sc1n[nH]c(=O)n1C. The number of nitrogens with one attached hydrogen (secondary N) is 1. The van der Waals surface area contributed by atoms with Crippen LogP contribution in [-0.2, 0) is 7.05 Å². The summed E-state index contributed by atoms with van der Waals surface area (Å²) in [5, 5.41) is 15.7. The van der Waals surface area contributed by atoms with E-state index in [-0.39, 0.29) is 23.6 Å². The molecule has 1 aromatic heterocycles. The second kappa shape index (κ2) is 5.34. The number of rotatable bonds is 5. The van der Waals surface area contributed by atoms with Crippen molar-refractivity contribution >= 4 is 11.8 Å². The van der Waals surface area contributed by atoms with E-state index in [0.717, 1.165) is 6.42 Å². The summed E-state index contributed by atoms with van der Waals surface area (Å²) < 4.78 is 1.40. The van der Waals surface area contributed by atoms with Crippen LogP contribution in [0.4, 0.5) is 0 Å². The maximum atomic E-state index is 11.1. The minimum absolute atomic E-state index is 0.0271. The zero-order valence-electron chi connectivity index (χ0n) is 8.80. The number of aromatic nitrogens is 3. The average Bonchev–Trinajstić information content (AvgIpc) is 2.56. The van der Waals surface area contributed by atoms with Crippen molar-refractivity contribution in [3.05, 3.63) is 10.5 Å². The Morgan fingerprint density at radius 2 is 2.40 bits per heavy atom. The third-order valence-corrected chi connectivity index (χ3v) is 3.60. The second-order valence-corrected chi connectivity index (χ2v) is 4.49. The molecule has 2 atom stereocenters. The molecule has 86 valence electrons. The molecule has 4 N–H and O–H groups in total. The molecule has 0 aliphatic rings. The Balaban J connectivity index is 2.75. The molecule has 0 spiro atoms. The molecule has 1 heterocycles. The van der Waals surface area contributed by atoms with Crippen molar-refractivity contribution in [1.29, 1.82) is 0 Å². The van der Waals surface area contributed by atoms with E-state index in [9.17, 15) is 4.79 Å². The first-order chi connectivity index (χ1) is 7.10. The van der Waals surface area contributed by atoms with E-state index in [1.165, 1.54) is 16.3 Å². The van der Waals surface area contributed by atoms with E-state index in [4.69, 9.17) is 10.8 Å². The molecule has 0 bridgehead atoms. The summed E-state index contributed by atoms with van der Waals surface area (Å²) in [5.41, 5.74) is 5.56. The summed E-state index contributed by atoms with van der Waals surface area (Å²) in [7, 11) is 1.63. The largest absolute Gasteiger partial charge is 0.395 e. The summed E-state index contributed by atoms with van der Waals surface area (Å²) in [6.07, 6.45) is 0.774. The van der Waals surface area contributed by atoms with Crippen molar-refractivity contribution in [3.63, 3.8) is 0 Å². The Morgan fingerprint density at radius 3 is 2.80 bits per heavy atom. The van der Waals surface area contributed by atoms with Gasteiger partial charge in [-0.25, -0.2) is 9.89 Å². The number of hydrogen-bond acceptors (Lipinski definition) is 5. The van der Waals surface area contributed by atoms with Gasteiger partial charge in [0.15, 0.2) is 5.16 Å². The van der Waals surface area contributed by atoms with Gasteiger partial charge in [-0.05, 0) is 6.42 Å². The van der Waals surface area contributed by atoms with Gasteiger partial charge >= 0.3 is 5.69 Å². The van der Waals surface area contributed by atoms with Gasteiger partial charge in [0.05, 0.1) is 11.9 Å². The van der Waals surface area contributed by atoms with Gasteiger partial charge in [0, 0.05) is 13.1 Å². The van der Waals surface area contributed by atoms with Gasteiger partial charge in [-0.2, -0.15) is 0 Å². The van der Waals surface area contributed by atoms with Crippen LogP contribution >= 0.6 is 11.8 Å². The monoisotopic (exact) mass is 232 g/mol. The van der Waals surface area contributed by atoms with E-state index in [0.29, 0.717) is 5.16 Å². The molecule has 2 unspecified atom stereocenters. The van der Waals surface area contributed by atoms with Crippen molar-refractivity contribution in [2.24, 2.45) is 12.8 Å². The molecule has 15 heavy (non-hydrogen) atoms. The molecular formula is C8H16N4O2S. The van der Waals surface area contributed by atoms with Crippen molar-refractivity contribution < 1.29 is 5.11 Å². The molecule has 6 nitrogen and oxygen atoms in total. The van der Waals surface area contributed by atoms with E-state index in [1.807, 2.05) is 6.92 Å². The lowest BCUT2D eigenvalue weighted by Crippen LogP contribution is -2.34. The first-order valence-electron chi connectivity index (χ1n) is 4.74. The number of aromatic amines is 1. The predicted octanol–water partition coefficient (Wildman–Crippen LogP) is -0.701. The van der Waals surface area contributed by atoms with Gasteiger partial charge in [0.2, 0.25) is 0 Å². The van der Waals surface area contributed by atoms with Crippen molar-refractivity contribution in [1.82, 2.24) is 14.8 Å². The van der Waals surface area contributed by atoms with Crippen molar-refractivity contribution in [3.8, 4) is 0 Å². The third kappa shape index (κ3) is 2.83. The quantitative estimate of drug-likeness (QED) is 0.583. The molecule has 0 amide bonds. The number of aliphatic hydroxyl groups is 1. The molecule has 0 fully saturated rings.